The third-order valence-electron chi connectivity index (χ3n) is 5.08. The van der Waals surface area contributed by atoms with Crippen LogP contribution in [-0.2, 0) is 20.6 Å². The fourth-order valence-electron chi connectivity index (χ4n) is 3.90. The van der Waals surface area contributed by atoms with Crippen LogP contribution in [0.15, 0.2) is 27.8 Å². The summed E-state index contributed by atoms with van der Waals surface area (Å²) in [5.74, 6) is 1.07. The van der Waals surface area contributed by atoms with Gasteiger partial charge in [-0.15, -0.1) is 0 Å². The van der Waals surface area contributed by atoms with Gasteiger partial charge in [0, 0.05) is 32.9 Å². The molecule has 4 rings (SSSR count). The Bertz CT molecular complexity index is 1130. The Morgan fingerprint density at radius 2 is 1.65 bits per heavy atom. The first-order chi connectivity index (χ1) is 12.3. The van der Waals surface area contributed by atoms with Crippen molar-refractivity contribution in [1.29, 1.82) is 0 Å². The number of imidazole rings is 1. The first-order valence-corrected chi connectivity index (χ1v) is 8.80. The van der Waals surface area contributed by atoms with Crippen LogP contribution in [-0.4, -0.2) is 25.2 Å². The summed E-state index contributed by atoms with van der Waals surface area (Å²) in [5.41, 5.74) is 3.71. The molecule has 0 spiro atoms. The quantitative estimate of drug-likeness (QED) is 0.670. The van der Waals surface area contributed by atoms with Crippen molar-refractivity contribution in [2.24, 2.45) is 20.0 Å². The second kappa shape index (κ2) is 5.59. The van der Waals surface area contributed by atoms with E-state index < -0.39 is 0 Å². The van der Waals surface area contributed by atoms with Gasteiger partial charge in [-0.2, -0.15) is 4.98 Å². The van der Waals surface area contributed by atoms with E-state index in [1.807, 2.05) is 4.57 Å². The molecular formula is C19H23N5O2. The molecule has 0 bridgehead atoms. The van der Waals surface area contributed by atoms with Gasteiger partial charge < -0.3 is 9.47 Å². The van der Waals surface area contributed by atoms with E-state index in [9.17, 15) is 9.59 Å². The zero-order valence-corrected chi connectivity index (χ0v) is 15.8. The van der Waals surface area contributed by atoms with Gasteiger partial charge in [0.15, 0.2) is 11.2 Å². The molecule has 7 nitrogen and oxygen atoms in total. The first-order valence-electron chi connectivity index (χ1n) is 8.80. The monoisotopic (exact) mass is 353 g/mol. The van der Waals surface area contributed by atoms with Gasteiger partial charge in [-0.25, -0.2) is 4.79 Å². The van der Waals surface area contributed by atoms with Crippen molar-refractivity contribution in [3.05, 3.63) is 50.2 Å². The first kappa shape index (κ1) is 16.6. The second-order valence-corrected chi connectivity index (χ2v) is 7.46. The Hall–Kier alpha value is -2.83. The molecular weight excluding hydrogens is 330 g/mol. The number of rotatable bonds is 1. The molecule has 2 aromatic heterocycles. The molecule has 3 heterocycles. The molecule has 0 unspecified atom stereocenters. The van der Waals surface area contributed by atoms with Crippen LogP contribution in [0.2, 0.25) is 0 Å². The summed E-state index contributed by atoms with van der Waals surface area (Å²) in [4.78, 5) is 31.9. The van der Waals surface area contributed by atoms with Gasteiger partial charge in [0.25, 0.3) is 5.56 Å². The minimum Gasteiger partial charge on any atom is -0.312 e. The maximum Gasteiger partial charge on any atom is 0.332 e. The van der Waals surface area contributed by atoms with Crippen LogP contribution in [0.1, 0.15) is 18.1 Å². The molecule has 0 fully saturated rings. The van der Waals surface area contributed by atoms with Gasteiger partial charge >= 0.3 is 5.69 Å². The number of benzene rings is 1. The average molecular weight is 353 g/mol. The topological polar surface area (TPSA) is 65.1 Å². The normalized spacial score (nSPS) is 17.0. The van der Waals surface area contributed by atoms with E-state index in [-0.39, 0.29) is 11.2 Å². The molecule has 26 heavy (non-hydrogen) atoms. The molecule has 0 saturated carbocycles. The SMILES string of the molecule is Cc1cc(C)cc(N2C[C@H](C)Cn3c2nc2c3c(=O)n(C)c(=O)n2C)c1. The highest BCUT2D eigenvalue weighted by Crippen LogP contribution is 2.33. The lowest BCUT2D eigenvalue weighted by atomic mass is 10.1. The predicted octanol–water partition coefficient (Wildman–Crippen LogP) is 1.84. The van der Waals surface area contributed by atoms with Gasteiger partial charge in [-0.1, -0.05) is 13.0 Å². The third kappa shape index (κ3) is 2.30. The summed E-state index contributed by atoms with van der Waals surface area (Å²) >= 11 is 0. The average Bonchev–Trinajstić information content (AvgIpc) is 2.95. The number of aromatic nitrogens is 4. The molecule has 0 aliphatic carbocycles. The maximum atomic E-state index is 12.8. The number of fused-ring (bicyclic) bond motifs is 3. The minimum absolute atomic E-state index is 0.295. The second-order valence-electron chi connectivity index (χ2n) is 7.46. The molecule has 1 atom stereocenters. The molecule has 0 N–H and O–H groups in total. The van der Waals surface area contributed by atoms with Crippen LogP contribution >= 0.6 is 0 Å². The number of hydrogen-bond acceptors (Lipinski definition) is 4. The van der Waals surface area contributed by atoms with Crippen molar-refractivity contribution in [3.63, 3.8) is 0 Å². The highest BCUT2D eigenvalue weighted by molar-refractivity contribution is 5.77. The Kier molecular flexibility index (Phi) is 3.57. The fourth-order valence-corrected chi connectivity index (χ4v) is 3.90. The highest BCUT2D eigenvalue weighted by Gasteiger charge is 2.29. The third-order valence-corrected chi connectivity index (χ3v) is 5.08. The van der Waals surface area contributed by atoms with Crippen LogP contribution in [0.5, 0.6) is 0 Å². The predicted molar refractivity (Wildman–Crippen MR) is 102 cm³/mol. The summed E-state index contributed by atoms with van der Waals surface area (Å²) in [7, 11) is 3.17. The number of hydrogen-bond donors (Lipinski definition) is 0. The summed E-state index contributed by atoms with van der Waals surface area (Å²) in [5, 5.41) is 0. The minimum atomic E-state index is -0.357. The van der Waals surface area contributed by atoms with Crippen LogP contribution in [0, 0.1) is 19.8 Å². The van der Waals surface area contributed by atoms with Crippen LogP contribution in [0.3, 0.4) is 0 Å². The lowest BCUT2D eigenvalue weighted by Crippen LogP contribution is -2.38. The Morgan fingerprint density at radius 1 is 1.00 bits per heavy atom. The Labute approximate surface area is 151 Å². The summed E-state index contributed by atoms with van der Waals surface area (Å²) in [6.07, 6.45) is 0. The molecule has 7 heteroatoms. The van der Waals surface area contributed by atoms with Gasteiger partial charge in [0.2, 0.25) is 5.95 Å². The number of aryl methyl sites for hydroxylation is 3. The van der Waals surface area contributed by atoms with E-state index >= 15 is 0 Å². The van der Waals surface area contributed by atoms with Gasteiger partial charge in [-0.05, 0) is 43.0 Å². The zero-order chi connectivity index (χ0) is 18.7. The number of anilines is 2. The Balaban J connectivity index is 2.05. The van der Waals surface area contributed by atoms with Crippen molar-refractivity contribution >= 4 is 22.8 Å². The molecule has 1 aromatic carbocycles. The van der Waals surface area contributed by atoms with E-state index in [1.165, 1.54) is 22.7 Å². The van der Waals surface area contributed by atoms with E-state index in [1.54, 1.807) is 7.05 Å². The largest absolute Gasteiger partial charge is 0.332 e. The van der Waals surface area contributed by atoms with Crippen molar-refractivity contribution in [2.75, 3.05) is 11.4 Å². The highest BCUT2D eigenvalue weighted by atomic mass is 16.2. The zero-order valence-electron chi connectivity index (χ0n) is 15.8. The lowest BCUT2D eigenvalue weighted by molar-refractivity contribution is 0.458. The van der Waals surface area contributed by atoms with Crippen molar-refractivity contribution in [2.45, 2.75) is 27.3 Å². The molecule has 1 aliphatic heterocycles. The van der Waals surface area contributed by atoms with Crippen molar-refractivity contribution < 1.29 is 0 Å². The molecule has 3 aromatic rings. The molecule has 0 amide bonds. The van der Waals surface area contributed by atoms with E-state index in [0.717, 1.165) is 22.7 Å². The smallest absolute Gasteiger partial charge is 0.312 e. The van der Waals surface area contributed by atoms with Crippen LogP contribution in [0.4, 0.5) is 11.6 Å². The lowest BCUT2D eigenvalue weighted by Gasteiger charge is -2.33. The maximum absolute atomic E-state index is 12.8. The Morgan fingerprint density at radius 3 is 2.31 bits per heavy atom. The van der Waals surface area contributed by atoms with Crippen molar-refractivity contribution in [3.8, 4) is 0 Å². The van der Waals surface area contributed by atoms with Crippen LogP contribution in [0.25, 0.3) is 11.2 Å². The molecule has 1 aliphatic rings. The van der Waals surface area contributed by atoms with Gasteiger partial charge in [-0.3, -0.25) is 13.9 Å². The van der Waals surface area contributed by atoms with E-state index in [4.69, 9.17) is 4.98 Å². The fraction of sp³-hybridized carbons (Fsp3) is 0.421. The summed E-state index contributed by atoms with van der Waals surface area (Å²) < 4.78 is 4.56. The summed E-state index contributed by atoms with van der Waals surface area (Å²) in [6.45, 7) is 7.84. The van der Waals surface area contributed by atoms with Crippen LogP contribution < -0.4 is 16.1 Å². The molecule has 0 radical (unpaired) electrons. The molecule has 136 valence electrons. The number of nitrogens with zero attached hydrogens (tertiary/aromatic N) is 5. The van der Waals surface area contributed by atoms with E-state index in [2.05, 4.69) is 43.9 Å². The van der Waals surface area contributed by atoms with Crippen molar-refractivity contribution in [1.82, 2.24) is 18.7 Å². The van der Waals surface area contributed by atoms with Gasteiger partial charge in [0.1, 0.15) is 0 Å². The van der Waals surface area contributed by atoms with Gasteiger partial charge in [0.05, 0.1) is 0 Å². The molecule has 0 saturated heterocycles. The summed E-state index contributed by atoms with van der Waals surface area (Å²) in [6, 6.07) is 6.40. The standard InChI is InChI=1S/C19H23N5O2/c1-11-6-12(2)8-14(7-11)23-9-13(3)10-24-15-16(20-18(23)24)21(4)19(26)22(5)17(15)25/h6-8,13H,9-10H2,1-5H3/t13-/m0/s1. The van der Waals surface area contributed by atoms with E-state index in [0.29, 0.717) is 23.6 Å².